The molecule has 5 aliphatic rings. The summed E-state index contributed by atoms with van der Waals surface area (Å²) in [4.78, 5) is 23.3. The predicted octanol–water partition coefficient (Wildman–Crippen LogP) is 7.28. The van der Waals surface area contributed by atoms with Crippen molar-refractivity contribution in [3.05, 3.63) is 0 Å². The highest BCUT2D eigenvalue weighted by Crippen LogP contribution is 2.74. The Kier molecular flexibility index (Phi) is 7.49. The van der Waals surface area contributed by atoms with Crippen molar-refractivity contribution in [3.63, 3.8) is 0 Å². The zero-order valence-corrected chi connectivity index (χ0v) is 24.6. The number of carbonyl (C=O) groups excluding carboxylic acids is 2. The second-order valence-electron chi connectivity index (χ2n) is 14.1. The summed E-state index contributed by atoms with van der Waals surface area (Å²) in [5.74, 6) is 3.37. The van der Waals surface area contributed by atoms with Gasteiger partial charge in [-0.05, 0) is 85.9 Å². The van der Waals surface area contributed by atoms with Crippen molar-refractivity contribution < 1.29 is 23.8 Å². The number of hydrogen-bond donors (Lipinski definition) is 0. The third kappa shape index (κ3) is 4.37. The second-order valence-corrected chi connectivity index (χ2v) is 14.8. The highest BCUT2D eigenvalue weighted by atomic mass is 35.5. The molecule has 1 saturated heterocycles. The summed E-state index contributed by atoms with van der Waals surface area (Å²) < 4.78 is 18.2. The van der Waals surface area contributed by atoms with Crippen molar-refractivity contribution in [1.82, 2.24) is 0 Å². The fourth-order valence-electron chi connectivity index (χ4n) is 10.4. The molecule has 1 heterocycles. The molecule has 0 aromatic rings. The fraction of sp³-hybridized carbons (Fsp3) is 0.935. The molecule has 0 amide bonds. The number of fused-ring (bicyclic) bond motifs is 3. The quantitative estimate of drug-likeness (QED) is 0.253. The number of carbonyl (C=O) groups is 2. The van der Waals surface area contributed by atoms with Crippen LogP contribution in [0.4, 0.5) is 0 Å². The zero-order chi connectivity index (χ0) is 26.8. The molecule has 0 radical (unpaired) electrons. The number of alkyl halides is 1. The van der Waals surface area contributed by atoms with Gasteiger partial charge in [-0.2, -0.15) is 0 Å². The van der Waals surface area contributed by atoms with Gasteiger partial charge in [-0.25, -0.2) is 0 Å². The molecular weight excluding hydrogens is 488 g/mol. The lowest BCUT2D eigenvalue weighted by Gasteiger charge is -2.62. The molecule has 0 spiro atoms. The minimum absolute atomic E-state index is 0.178. The van der Waals surface area contributed by atoms with Gasteiger partial charge in [0.05, 0.1) is 16.4 Å². The van der Waals surface area contributed by atoms with Crippen molar-refractivity contribution in [2.75, 3.05) is 0 Å². The molecule has 0 unspecified atom stereocenters. The van der Waals surface area contributed by atoms with E-state index in [-0.39, 0.29) is 24.1 Å². The maximum atomic E-state index is 12.2. The molecular formula is C31H49ClO5. The minimum atomic E-state index is -0.664. The van der Waals surface area contributed by atoms with Crippen LogP contribution in [0.2, 0.25) is 0 Å². The van der Waals surface area contributed by atoms with E-state index in [0.29, 0.717) is 29.6 Å². The summed E-state index contributed by atoms with van der Waals surface area (Å²) in [6.07, 6.45) is 11.0. The first-order chi connectivity index (χ1) is 17.4. The van der Waals surface area contributed by atoms with E-state index in [1.165, 1.54) is 52.4 Å². The van der Waals surface area contributed by atoms with Gasteiger partial charge < -0.3 is 14.2 Å². The Bertz CT molecular complexity index is 891. The van der Waals surface area contributed by atoms with E-state index in [1.54, 1.807) is 0 Å². The lowest BCUT2D eigenvalue weighted by atomic mass is 9.43. The van der Waals surface area contributed by atoms with Gasteiger partial charge >= 0.3 is 11.9 Å². The minimum Gasteiger partial charge on any atom is -0.462 e. The Morgan fingerprint density at radius 2 is 1.70 bits per heavy atom. The Balaban J connectivity index is 1.41. The van der Waals surface area contributed by atoms with Crippen LogP contribution >= 0.6 is 11.6 Å². The molecule has 4 aliphatic carbocycles. The molecule has 5 nitrogen and oxygen atoms in total. The Hall–Kier alpha value is -0.810. The summed E-state index contributed by atoms with van der Waals surface area (Å²) >= 11 is 7.64. The molecule has 2 bridgehead atoms. The van der Waals surface area contributed by atoms with Crippen molar-refractivity contribution in [2.24, 2.45) is 46.3 Å². The Morgan fingerprint density at radius 3 is 2.38 bits per heavy atom. The average Bonchev–Trinajstić information content (AvgIpc) is 3.20. The van der Waals surface area contributed by atoms with E-state index in [9.17, 15) is 9.59 Å². The summed E-state index contributed by atoms with van der Waals surface area (Å²) in [7, 11) is 0. The predicted molar refractivity (Wildman–Crippen MR) is 144 cm³/mol. The molecule has 37 heavy (non-hydrogen) atoms. The van der Waals surface area contributed by atoms with Gasteiger partial charge in [-0.1, -0.05) is 47.0 Å². The molecule has 210 valence electrons. The number of hydrogen-bond acceptors (Lipinski definition) is 5. The van der Waals surface area contributed by atoms with Crippen molar-refractivity contribution in [1.29, 1.82) is 0 Å². The third-order valence-corrected chi connectivity index (χ3v) is 12.5. The van der Waals surface area contributed by atoms with E-state index < -0.39 is 16.6 Å². The van der Waals surface area contributed by atoms with Gasteiger partial charge in [0.2, 0.25) is 6.29 Å². The SMILES string of the molecule is CC(=O)O[C@H]1CC[C@]23[C@H](OC(C)=O)O[C@@H](C[C@H]4[C@@H]5CC[C@H]([C@H](C)CCCC(C)C)[C@@]5(C)CC[C@@H]42)[C@@]3(Cl)C1. The molecule has 0 aromatic heterocycles. The molecule has 11 atom stereocenters. The molecule has 0 aromatic carbocycles. The van der Waals surface area contributed by atoms with E-state index in [0.717, 1.165) is 43.4 Å². The first-order valence-electron chi connectivity index (χ1n) is 15.1. The fourth-order valence-corrected chi connectivity index (χ4v) is 11.0. The number of ether oxygens (including phenoxy) is 3. The van der Waals surface area contributed by atoms with Crippen LogP contribution in [0.5, 0.6) is 0 Å². The van der Waals surface area contributed by atoms with Crippen LogP contribution in [-0.4, -0.2) is 35.3 Å². The molecule has 4 saturated carbocycles. The van der Waals surface area contributed by atoms with Crippen LogP contribution in [0.15, 0.2) is 0 Å². The van der Waals surface area contributed by atoms with Gasteiger partial charge in [0.25, 0.3) is 0 Å². The van der Waals surface area contributed by atoms with Gasteiger partial charge in [-0.15, -0.1) is 11.6 Å². The van der Waals surface area contributed by atoms with Gasteiger partial charge in [0, 0.05) is 20.3 Å². The molecule has 6 heteroatoms. The van der Waals surface area contributed by atoms with Crippen molar-refractivity contribution >= 4 is 23.5 Å². The van der Waals surface area contributed by atoms with Crippen LogP contribution in [0.1, 0.15) is 112 Å². The monoisotopic (exact) mass is 536 g/mol. The summed E-state index contributed by atoms with van der Waals surface area (Å²) in [5.41, 5.74) is -0.0422. The first kappa shape index (κ1) is 27.7. The highest BCUT2D eigenvalue weighted by Gasteiger charge is 2.77. The van der Waals surface area contributed by atoms with Crippen molar-refractivity contribution in [3.8, 4) is 0 Å². The van der Waals surface area contributed by atoms with E-state index in [1.807, 2.05) is 0 Å². The summed E-state index contributed by atoms with van der Waals surface area (Å²) in [6, 6.07) is 0. The Labute approximate surface area is 229 Å². The van der Waals surface area contributed by atoms with Crippen LogP contribution in [0.25, 0.3) is 0 Å². The highest BCUT2D eigenvalue weighted by molar-refractivity contribution is 6.25. The maximum Gasteiger partial charge on any atom is 0.304 e. The van der Waals surface area contributed by atoms with Gasteiger partial charge in [-0.3, -0.25) is 9.59 Å². The summed E-state index contributed by atoms with van der Waals surface area (Å²) in [6.45, 7) is 12.7. The van der Waals surface area contributed by atoms with Crippen LogP contribution in [0.3, 0.4) is 0 Å². The standard InChI is InChI=1S/C31H49ClO5/c1-18(2)8-7-9-19(3)24-10-11-25-23-16-27-31(32)17-22(35-20(4)33)12-15-30(31,28(37-27)36-21(5)34)26(23)13-14-29(24,25)6/h18-19,22-28H,7-17H2,1-6H3/t19-,22+,23+,24-,25+,26+,27+,28-,29-,30-,31+/m1/s1. The zero-order valence-electron chi connectivity index (χ0n) is 23.9. The lowest BCUT2D eigenvalue weighted by Crippen LogP contribution is -2.65. The first-order valence-corrected chi connectivity index (χ1v) is 15.5. The van der Waals surface area contributed by atoms with Crippen molar-refractivity contribution in [2.45, 2.75) is 136 Å². The van der Waals surface area contributed by atoms with Gasteiger partial charge in [0.1, 0.15) is 6.10 Å². The summed E-state index contributed by atoms with van der Waals surface area (Å²) in [5, 5.41) is 0. The van der Waals surface area contributed by atoms with Gasteiger partial charge in [0.15, 0.2) is 0 Å². The molecule has 5 fully saturated rings. The maximum absolute atomic E-state index is 12.2. The average molecular weight is 537 g/mol. The second kappa shape index (κ2) is 9.98. The van der Waals surface area contributed by atoms with Crippen LogP contribution in [0, 0.1) is 46.3 Å². The number of halogens is 1. The molecule has 1 aliphatic heterocycles. The smallest absolute Gasteiger partial charge is 0.304 e. The number of esters is 2. The van der Waals surface area contributed by atoms with E-state index in [4.69, 9.17) is 25.8 Å². The van der Waals surface area contributed by atoms with Crippen LogP contribution < -0.4 is 0 Å². The third-order valence-electron chi connectivity index (χ3n) is 11.8. The lowest BCUT2D eigenvalue weighted by molar-refractivity contribution is -0.203. The van der Waals surface area contributed by atoms with E-state index >= 15 is 0 Å². The van der Waals surface area contributed by atoms with E-state index in [2.05, 4.69) is 27.7 Å². The molecule has 0 N–H and O–H groups in total. The van der Waals surface area contributed by atoms with Crippen LogP contribution in [-0.2, 0) is 23.8 Å². The normalized spacial score (nSPS) is 47.1. The topological polar surface area (TPSA) is 61.8 Å². The molecule has 5 rings (SSSR count). The largest absolute Gasteiger partial charge is 0.462 e. The Morgan fingerprint density at radius 1 is 0.973 bits per heavy atom. The number of rotatable bonds is 7.